The number of aromatic nitrogens is 3. The van der Waals surface area contributed by atoms with Crippen LogP contribution in [0.5, 0.6) is 0 Å². The van der Waals surface area contributed by atoms with Gasteiger partial charge < -0.3 is 10.6 Å². The molecule has 1 heterocycles. The maximum absolute atomic E-state index is 12.6. The number of sulfonamides is 1. The molecule has 2 rings (SSSR count). The van der Waals surface area contributed by atoms with Crippen LogP contribution >= 0.6 is 0 Å². The molecule has 0 aliphatic heterocycles. The molecule has 10 heteroatoms. The maximum Gasteiger partial charge on any atom is 0.314 e. The molecule has 2 aromatic rings. The summed E-state index contributed by atoms with van der Waals surface area (Å²) in [6.07, 6.45) is 0. The van der Waals surface area contributed by atoms with Crippen molar-refractivity contribution in [2.75, 3.05) is 26.2 Å². The van der Waals surface area contributed by atoms with Gasteiger partial charge in [-0.15, -0.1) is 5.10 Å². The lowest BCUT2D eigenvalue weighted by Gasteiger charge is -2.18. The van der Waals surface area contributed by atoms with Gasteiger partial charge in [0.1, 0.15) is 5.52 Å². The summed E-state index contributed by atoms with van der Waals surface area (Å²) in [5.41, 5.74) is 1.23. The summed E-state index contributed by atoms with van der Waals surface area (Å²) in [5, 5.41) is 13.7. The van der Waals surface area contributed by atoms with Gasteiger partial charge in [0.05, 0.1) is 17.0 Å². The summed E-state index contributed by atoms with van der Waals surface area (Å²) in [6.45, 7) is 9.92. The second-order valence-electron chi connectivity index (χ2n) is 6.58. The predicted octanol–water partition coefficient (Wildman–Crippen LogP) is 1.42. The molecule has 0 bridgehead atoms. The van der Waals surface area contributed by atoms with Gasteiger partial charge in [0, 0.05) is 26.2 Å². The minimum absolute atomic E-state index is 0.205. The summed E-state index contributed by atoms with van der Waals surface area (Å²) in [7, 11) is -3.53. The average Bonchev–Trinajstić information content (AvgIpc) is 3.03. The monoisotopic (exact) mass is 396 g/mol. The van der Waals surface area contributed by atoms with Crippen LogP contribution in [-0.2, 0) is 16.6 Å². The minimum Gasteiger partial charge on any atom is -0.338 e. The van der Waals surface area contributed by atoms with Crippen molar-refractivity contribution in [2.45, 2.75) is 39.1 Å². The number of fused-ring (bicyclic) bond motifs is 1. The van der Waals surface area contributed by atoms with E-state index in [4.69, 9.17) is 0 Å². The van der Waals surface area contributed by atoms with Gasteiger partial charge in [-0.1, -0.05) is 32.9 Å². The van der Waals surface area contributed by atoms with Crippen molar-refractivity contribution in [3.8, 4) is 0 Å². The van der Waals surface area contributed by atoms with E-state index < -0.39 is 10.0 Å². The second-order valence-corrected chi connectivity index (χ2v) is 8.52. The van der Waals surface area contributed by atoms with E-state index in [1.807, 2.05) is 13.8 Å². The lowest BCUT2D eigenvalue weighted by molar-refractivity contribution is 0.239. The highest BCUT2D eigenvalue weighted by molar-refractivity contribution is 7.89. The zero-order chi connectivity index (χ0) is 20.0. The first kappa shape index (κ1) is 21.1. The Kier molecular flexibility index (Phi) is 7.14. The van der Waals surface area contributed by atoms with Gasteiger partial charge in [-0.25, -0.2) is 17.9 Å². The van der Waals surface area contributed by atoms with Gasteiger partial charge in [0.15, 0.2) is 0 Å². The highest BCUT2D eigenvalue weighted by Gasteiger charge is 2.22. The third-order valence-electron chi connectivity index (χ3n) is 4.11. The molecule has 9 nitrogen and oxygen atoms in total. The zero-order valence-electron chi connectivity index (χ0n) is 16.3. The number of rotatable bonds is 9. The average molecular weight is 397 g/mol. The van der Waals surface area contributed by atoms with Crippen molar-refractivity contribution >= 4 is 27.1 Å². The first-order chi connectivity index (χ1) is 12.8. The van der Waals surface area contributed by atoms with Gasteiger partial charge >= 0.3 is 6.03 Å². The van der Waals surface area contributed by atoms with Crippen LogP contribution < -0.4 is 10.6 Å². The van der Waals surface area contributed by atoms with Gasteiger partial charge in [-0.2, -0.15) is 4.31 Å². The zero-order valence-corrected chi connectivity index (χ0v) is 17.1. The van der Waals surface area contributed by atoms with E-state index in [1.165, 1.54) is 10.4 Å². The van der Waals surface area contributed by atoms with Crippen molar-refractivity contribution in [2.24, 2.45) is 5.92 Å². The number of hydrogen-bond donors (Lipinski definition) is 2. The Labute approximate surface area is 160 Å². The van der Waals surface area contributed by atoms with Gasteiger partial charge in [0.2, 0.25) is 10.0 Å². The third kappa shape index (κ3) is 5.16. The molecule has 0 aliphatic rings. The minimum atomic E-state index is -3.53. The van der Waals surface area contributed by atoms with Crippen LogP contribution in [0.15, 0.2) is 23.1 Å². The molecular weight excluding hydrogens is 368 g/mol. The molecule has 0 atom stereocenters. The fourth-order valence-electron chi connectivity index (χ4n) is 2.62. The van der Waals surface area contributed by atoms with Gasteiger partial charge in [-0.05, 0) is 24.1 Å². The largest absolute Gasteiger partial charge is 0.338 e. The van der Waals surface area contributed by atoms with Gasteiger partial charge in [-0.3, -0.25) is 0 Å². The van der Waals surface area contributed by atoms with Gasteiger partial charge in [0.25, 0.3) is 0 Å². The van der Waals surface area contributed by atoms with E-state index in [9.17, 15) is 13.2 Å². The van der Waals surface area contributed by atoms with E-state index in [2.05, 4.69) is 20.9 Å². The number of nitrogens with one attached hydrogen (secondary N) is 2. The van der Waals surface area contributed by atoms with E-state index in [-0.39, 0.29) is 10.9 Å². The Morgan fingerprint density at radius 1 is 1.22 bits per heavy atom. The molecule has 0 saturated heterocycles. The molecule has 0 spiro atoms. The van der Waals surface area contributed by atoms with Crippen LogP contribution in [0.1, 0.15) is 27.7 Å². The van der Waals surface area contributed by atoms with Crippen LogP contribution in [0.4, 0.5) is 4.79 Å². The molecule has 1 aromatic heterocycles. The number of hydrogen-bond acceptors (Lipinski definition) is 5. The number of nitrogens with zero attached hydrogens (tertiary/aromatic N) is 4. The van der Waals surface area contributed by atoms with Crippen molar-refractivity contribution in [1.82, 2.24) is 29.9 Å². The Morgan fingerprint density at radius 3 is 2.56 bits per heavy atom. The van der Waals surface area contributed by atoms with Crippen molar-refractivity contribution in [3.63, 3.8) is 0 Å². The second kappa shape index (κ2) is 9.14. The quantitative estimate of drug-likeness (QED) is 0.666. The first-order valence-electron chi connectivity index (χ1n) is 9.14. The molecule has 27 heavy (non-hydrogen) atoms. The number of urea groups is 1. The SMILES string of the molecule is CCN(CC)S(=O)(=O)c1ccc2c(c1)nnn2CCNC(=O)NCC(C)C. The first-order valence-corrected chi connectivity index (χ1v) is 10.6. The number of benzene rings is 1. The Morgan fingerprint density at radius 2 is 1.93 bits per heavy atom. The topological polar surface area (TPSA) is 109 Å². The van der Waals surface area contributed by atoms with E-state index in [0.717, 1.165) is 5.52 Å². The van der Waals surface area contributed by atoms with E-state index in [1.54, 1.807) is 30.7 Å². The molecule has 150 valence electrons. The summed E-state index contributed by atoms with van der Waals surface area (Å²) < 4.78 is 28.3. The molecule has 1 aromatic carbocycles. The number of amides is 2. The Bertz CT molecular complexity index is 874. The Balaban J connectivity index is 2.06. The lowest BCUT2D eigenvalue weighted by Crippen LogP contribution is -2.38. The fraction of sp³-hybridized carbons (Fsp3) is 0.588. The van der Waals surface area contributed by atoms with Crippen LogP contribution in [0, 0.1) is 5.92 Å². The highest BCUT2D eigenvalue weighted by Crippen LogP contribution is 2.20. The van der Waals surface area contributed by atoms with Crippen LogP contribution in [0.3, 0.4) is 0 Å². The molecule has 0 radical (unpaired) electrons. The predicted molar refractivity (Wildman–Crippen MR) is 104 cm³/mol. The van der Waals surface area contributed by atoms with Crippen molar-refractivity contribution < 1.29 is 13.2 Å². The summed E-state index contributed by atoms with van der Waals surface area (Å²) in [5.74, 6) is 0.386. The van der Waals surface area contributed by atoms with Crippen LogP contribution in [-0.4, -0.2) is 59.9 Å². The third-order valence-corrected chi connectivity index (χ3v) is 6.15. The highest BCUT2D eigenvalue weighted by atomic mass is 32.2. The maximum atomic E-state index is 12.6. The lowest BCUT2D eigenvalue weighted by atomic mass is 10.2. The van der Waals surface area contributed by atoms with Crippen LogP contribution in [0.2, 0.25) is 0 Å². The number of carbonyl (C=O) groups excluding carboxylic acids is 1. The van der Waals surface area contributed by atoms with E-state index in [0.29, 0.717) is 44.2 Å². The molecular formula is C17H28N6O3S. The summed E-state index contributed by atoms with van der Waals surface area (Å²) in [4.78, 5) is 11.9. The molecule has 0 aliphatic carbocycles. The molecule has 2 amide bonds. The summed E-state index contributed by atoms with van der Waals surface area (Å²) in [6, 6.07) is 4.58. The van der Waals surface area contributed by atoms with Crippen molar-refractivity contribution in [3.05, 3.63) is 18.2 Å². The Hall–Kier alpha value is -2.20. The molecule has 0 unspecified atom stereocenters. The smallest absolute Gasteiger partial charge is 0.314 e. The molecule has 0 saturated carbocycles. The number of carbonyl (C=O) groups is 1. The fourth-order valence-corrected chi connectivity index (χ4v) is 4.10. The molecule has 0 fully saturated rings. The normalized spacial score (nSPS) is 12.1. The van der Waals surface area contributed by atoms with E-state index >= 15 is 0 Å². The van der Waals surface area contributed by atoms with Crippen LogP contribution in [0.25, 0.3) is 11.0 Å². The van der Waals surface area contributed by atoms with Crippen molar-refractivity contribution in [1.29, 1.82) is 0 Å². The summed E-state index contributed by atoms with van der Waals surface area (Å²) >= 11 is 0. The standard InChI is InChI=1S/C17H28N6O3S/c1-5-22(6-2)27(25,26)14-7-8-16-15(11-14)20-21-23(16)10-9-18-17(24)19-12-13(3)4/h7-8,11,13H,5-6,9-10,12H2,1-4H3,(H2,18,19,24). The molecule has 2 N–H and O–H groups in total.